The highest BCUT2D eigenvalue weighted by Gasteiger charge is 2.32. The molecule has 162 valence electrons. The van der Waals surface area contributed by atoms with E-state index < -0.39 is 0 Å². The quantitative estimate of drug-likeness (QED) is 0.293. The molecule has 9 heteroatoms. The van der Waals surface area contributed by atoms with Gasteiger partial charge in [-0.15, -0.1) is 24.0 Å². The third kappa shape index (κ3) is 7.52. The Balaban J connectivity index is 0.00000300. The Hall–Kier alpha value is -1.78. The molecule has 0 aromatic carbocycles. The highest BCUT2D eigenvalue weighted by atomic mass is 127. The van der Waals surface area contributed by atoms with Crippen molar-refractivity contribution in [3.05, 3.63) is 24.4 Å². The van der Waals surface area contributed by atoms with Gasteiger partial charge in [0.2, 0.25) is 0 Å². The zero-order valence-corrected chi connectivity index (χ0v) is 19.6. The molecule has 1 aliphatic carbocycles. The molecule has 1 unspecified atom stereocenters. The largest absolute Gasteiger partial charge is 0.450 e. The molecule has 1 aromatic rings. The van der Waals surface area contributed by atoms with E-state index in [1.165, 1.54) is 0 Å². The molecule has 0 radical (unpaired) electrons. The number of alkyl carbamates (subject to hydrolysis) is 1. The Bertz CT molecular complexity index is 648. The summed E-state index contributed by atoms with van der Waals surface area (Å²) in [5.74, 6) is 2.35. The lowest BCUT2D eigenvalue weighted by atomic mass is 10.1. The summed E-state index contributed by atoms with van der Waals surface area (Å²) in [5, 5.41) is 9.86. The summed E-state index contributed by atoms with van der Waals surface area (Å²) in [6.45, 7) is 4.80. The van der Waals surface area contributed by atoms with E-state index in [-0.39, 0.29) is 36.1 Å². The van der Waals surface area contributed by atoms with Gasteiger partial charge in [-0.25, -0.2) is 9.78 Å². The van der Waals surface area contributed by atoms with Gasteiger partial charge in [-0.2, -0.15) is 0 Å². The third-order valence-corrected chi connectivity index (χ3v) is 5.29. The van der Waals surface area contributed by atoms with Crippen LogP contribution in [-0.2, 0) is 4.74 Å². The summed E-state index contributed by atoms with van der Waals surface area (Å²) in [4.78, 5) is 22.9. The molecule has 1 saturated heterocycles. The van der Waals surface area contributed by atoms with Gasteiger partial charge in [-0.3, -0.25) is 4.99 Å². The van der Waals surface area contributed by atoms with Crippen molar-refractivity contribution in [3.63, 3.8) is 0 Å². The lowest BCUT2D eigenvalue weighted by Gasteiger charge is -2.34. The number of ether oxygens (including phenoxy) is 1. The lowest BCUT2D eigenvalue weighted by Crippen LogP contribution is -2.52. The predicted octanol–water partition coefficient (Wildman–Crippen LogP) is 2.36. The smallest absolute Gasteiger partial charge is 0.407 e. The second-order valence-electron chi connectivity index (χ2n) is 7.36. The van der Waals surface area contributed by atoms with Crippen LogP contribution < -0.4 is 20.9 Å². The van der Waals surface area contributed by atoms with E-state index in [0.29, 0.717) is 25.1 Å². The Labute approximate surface area is 190 Å². The number of halogens is 1. The Morgan fingerprint density at radius 1 is 1.31 bits per heavy atom. The van der Waals surface area contributed by atoms with Crippen molar-refractivity contribution in [1.82, 2.24) is 20.9 Å². The summed E-state index contributed by atoms with van der Waals surface area (Å²) in [6.07, 6.45) is 5.86. The molecule has 1 saturated carbocycles. The maximum Gasteiger partial charge on any atom is 0.407 e. The molecule has 3 N–H and O–H groups in total. The number of nitrogens with zero attached hydrogens (tertiary/aromatic N) is 3. The number of nitrogens with one attached hydrogen (secondary N) is 3. The number of guanidine groups is 1. The first kappa shape index (κ1) is 23.5. The molecule has 29 heavy (non-hydrogen) atoms. The zero-order chi connectivity index (χ0) is 19.8. The molecule has 3 rings (SSSR count). The van der Waals surface area contributed by atoms with Gasteiger partial charge in [0.1, 0.15) is 5.82 Å². The van der Waals surface area contributed by atoms with Crippen molar-refractivity contribution < 1.29 is 9.53 Å². The van der Waals surface area contributed by atoms with E-state index in [1.54, 1.807) is 7.05 Å². The minimum absolute atomic E-state index is 0. The molecule has 8 nitrogen and oxygen atoms in total. The van der Waals surface area contributed by atoms with Crippen LogP contribution in [0.25, 0.3) is 0 Å². The second kappa shape index (κ2) is 12.0. The normalized spacial score (nSPS) is 18.4. The van der Waals surface area contributed by atoms with E-state index in [2.05, 4.69) is 36.9 Å². The number of aliphatic imine (C=N–C) groups is 1. The molecule has 2 heterocycles. The molecular weight excluding hydrogens is 483 g/mol. The van der Waals surface area contributed by atoms with Gasteiger partial charge >= 0.3 is 6.09 Å². The maximum atomic E-state index is 11.7. The number of anilines is 1. The Kier molecular flexibility index (Phi) is 9.75. The summed E-state index contributed by atoms with van der Waals surface area (Å²) in [6, 6.07) is 6.48. The van der Waals surface area contributed by atoms with Gasteiger partial charge in [0.25, 0.3) is 0 Å². The number of piperidine rings is 1. The SMILES string of the molecule is CCOC(=O)NC(CNC(=NC)NC1CCN(c2ccccn2)CC1)C1CC1.I. The molecule has 0 bridgehead atoms. The first-order chi connectivity index (χ1) is 13.7. The standard InChI is InChI=1S/C20H32N6O2.HI/c1-3-28-20(27)25-17(15-7-8-15)14-23-19(21-2)24-16-9-12-26(13-10-16)18-6-4-5-11-22-18;/h4-6,11,15-17H,3,7-10,12-14H2,1-2H3,(H,25,27)(H2,21,23,24);1H. The molecule has 1 aliphatic heterocycles. The van der Waals surface area contributed by atoms with Gasteiger partial charge in [0, 0.05) is 38.9 Å². The number of carbonyl (C=O) groups excluding carboxylic acids is 1. The fourth-order valence-corrected chi connectivity index (χ4v) is 3.55. The van der Waals surface area contributed by atoms with E-state index in [9.17, 15) is 4.79 Å². The van der Waals surface area contributed by atoms with E-state index >= 15 is 0 Å². The van der Waals surface area contributed by atoms with E-state index in [1.807, 2.05) is 25.3 Å². The molecule has 0 spiro atoms. The van der Waals surface area contributed by atoms with Gasteiger partial charge in [0.05, 0.1) is 12.6 Å². The number of aromatic nitrogens is 1. The minimum Gasteiger partial charge on any atom is -0.450 e. The Morgan fingerprint density at radius 2 is 2.07 bits per heavy atom. The average molecular weight is 516 g/mol. The molecule has 1 atom stereocenters. The maximum absolute atomic E-state index is 11.7. The molecular formula is C20H33IN6O2. The van der Waals surface area contributed by atoms with Gasteiger partial charge in [-0.05, 0) is 50.7 Å². The van der Waals surface area contributed by atoms with Crippen LogP contribution in [0.3, 0.4) is 0 Å². The van der Waals surface area contributed by atoms with Crippen molar-refractivity contribution in [2.75, 3.05) is 38.2 Å². The lowest BCUT2D eigenvalue weighted by molar-refractivity contribution is 0.146. The van der Waals surface area contributed by atoms with Crippen LogP contribution in [-0.4, -0.2) is 62.4 Å². The van der Waals surface area contributed by atoms with Crippen LogP contribution in [0.15, 0.2) is 29.4 Å². The number of hydrogen-bond acceptors (Lipinski definition) is 5. The fourth-order valence-electron chi connectivity index (χ4n) is 3.55. The van der Waals surface area contributed by atoms with E-state index in [0.717, 1.165) is 50.6 Å². The number of carbonyl (C=O) groups is 1. The summed E-state index contributed by atoms with van der Waals surface area (Å²) >= 11 is 0. The highest BCUT2D eigenvalue weighted by Crippen LogP contribution is 2.32. The van der Waals surface area contributed by atoms with Crippen molar-refractivity contribution in [1.29, 1.82) is 0 Å². The Morgan fingerprint density at radius 3 is 2.66 bits per heavy atom. The zero-order valence-electron chi connectivity index (χ0n) is 17.3. The summed E-state index contributed by atoms with van der Waals surface area (Å²) in [5.41, 5.74) is 0. The summed E-state index contributed by atoms with van der Waals surface area (Å²) in [7, 11) is 1.78. The van der Waals surface area contributed by atoms with Crippen LogP contribution in [0.4, 0.5) is 10.6 Å². The van der Waals surface area contributed by atoms with Crippen molar-refractivity contribution >= 4 is 41.8 Å². The van der Waals surface area contributed by atoms with Crippen LogP contribution in [0.1, 0.15) is 32.6 Å². The first-order valence-electron chi connectivity index (χ1n) is 10.3. The van der Waals surface area contributed by atoms with Crippen LogP contribution in [0.2, 0.25) is 0 Å². The monoisotopic (exact) mass is 516 g/mol. The molecule has 2 fully saturated rings. The van der Waals surface area contributed by atoms with Gasteiger partial charge in [0.15, 0.2) is 5.96 Å². The van der Waals surface area contributed by atoms with E-state index in [4.69, 9.17) is 4.74 Å². The highest BCUT2D eigenvalue weighted by molar-refractivity contribution is 14.0. The molecule has 1 aromatic heterocycles. The fraction of sp³-hybridized carbons (Fsp3) is 0.650. The van der Waals surface area contributed by atoms with Crippen LogP contribution >= 0.6 is 24.0 Å². The number of hydrogen-bond donors (Lipinski definition) is 3. The minimum atomic E-state index is -0.342. The predicted molar refractivity (Wildman–Crippen MR) is 126 cm³/mol. The number of rotatable bonds is 7. The molecule has 2 aliphatic rings. The summed E-state index contributed by atoms with van der Waals surface area (Å²) < 4.78 is 5.02. The van der Waals surface area contributed by atoms with Crippen LogP contribution in [0.5, 0.6) is 0 Å². The van der Waals surface area contributed by atoms with Gasteiger partial charge < -0.3 is 25.6 Å². The van der Waals surface area contributed by atoms with Crippen molar-refractivity contribution in [2.45, 2.75) is 44.7 Å². The van der Waals surface area contributed by atoms with Crippen molar-refractivity contribution in [2.24, 2.45) is 10.9 Å². The third-order valence-electron chi connectivity index (χ3n) is 5.29. The second-order valence-corrected chi connectivity index (χ2v) is 7.36. The first-order valence-corrected chi connectivity index (χ1v) is 10.3. The van der Waals surface area contributed by atoms with Crippen LogP contribution in [0, 0.1) is 5.92 Å². The molecule has 1 amide bonds. The average Bonchev–Trinajstić information content (AvgIpc) is 3.56. The number of pyridine rings is 1. The topological polar surface area (TPSA) is 90.9 Å². The number of amides is 1. The van der Waals surface area contributed by atoms with Crippen molar-refractivity contribution in [3.8, 4) is 0 Å². The van der Waals surface area contributed by atoms with Gasteiger partial charge in [-0.1, -0.05) is 6.07 Å².